The molecule has 0 radical (unpaired) electrons. The van der Waals surface area contributed by atoms with Crippen molar-refractivity contribution < 1.29 is 14.4 Å². The number of carbonyl (C=O) groups excluding carboxylic acids is 1. The van der Waals surface area contributed by atoms with Crippen LogP contribution in [0.25, 0.3) is 0 Å². The van der Waals surface area contributed by atoms with Crippen LogP contribution in [0.4, 0.5) is 0 Å². The van der Waals surface area contributed by atoms with Gasteiger partial charge in [-0.1, -0.05) is 17.3 Å². The second-order valence-corrected chi connectivity index (χ2v) is 6.43. The fourth-order valence-corrected chi connectivity index (χ4v) is 2.94. The van der Waals surface area contributed by atoms with Crippen LogP contribution in [0.2, 0.25) is 0 Å². The standard InChI is InChI=1S/C18H24N2O3/c1-12-5-6-14(8-13(12)2)17-9-16(23-20-17)10-19-18(21)15-4-3-7-22-11-15/h5-6,8,15-16H,3-4,7,9-11H2,1-2H3,(H,19,21). The Bertz CT molecular complexity index is 606. The summed E-state index contributed by atoms with van der Waals surface area (Å²) in [5, 5.41) is 7.16. The van der Waals surface area contributed by atoms with Crippen molar-refractivity contribution in [3.05, 3.63) is 34.9 Å². The van der Waals surface area contributed by atoms with Gasteiger partial charge in [0.15, 0.2) is 0 Å². The Hall–Kier alpha value is -1.88. The predicted molar refractivity (Wildman–Crippen MR) is 88.5 cm³/mol. The number of hydrogen-bond acceptors (Lipinski definition) is 4. The van der Waals surface area contributed by atoms with Crippen molar-refractivity contribution in [2.45, 2.75) is 39.2 Å². The van der Waals surface area contributed by atoms with Gasteiger partial charge >= 0.3 is 0 Å². The second-order valence-electron chi connectivity index (χ2n) is 6.43. The molecule has 1 saturated heterocycles. The lowest BCUT2D eigenvalue weighted by Crippen LogP contribution is -2.39. The number of oxime groups is 1. The maximum Gasteiger partial charge on any atom is 0.225 e. The first-order valence-corrected chi connectivity index (χ1v) is 8.29. The zero-order chi connectivity index (χ0) is 16.2. The van der Waals surface area contributed by atoms with Crippen LogP contribution < -0.4 is 5.32 Å². The molecule has 124 valence electrons. The van der Waals surface area contributed by atoms with Crippen molar-refractivity contribution in [2.24, 2.45) is 11.1 Å². The van der Waals surface area contributed by atoms with Crippen LogP contribution in [0.15, 0.2) is 23.4 Å². The number of carbonyl (C=O) groups is 1. The SMILES string of the molecule is Cc1ccc(C2=NOC(CNC(=O)C3CCCOC3)C2)cc1C. The fourth-order valence-electron chi connectivity index (χ4n) is 2.94. The van der Waals surface area contributed by atoms with Gasteiger partial charge in [0.25, 0.3) is 0 Å². The molecule has 23 heavy (non-hydrogen) atoms. The van der Waals surface area contributed by atoms with Gasteiger partial charge in [0, 0.05) is 13.0 Å². The van der Waals surface area contributed by atoms with E-state index in [0.717, 1.165) is 37.1 Å². The molecule has 1 fully saturated rings. The lowest BCUT2D eigenvalue weighted by Gasteiger charge is -2.21. The topological polar surface area (TPSA) is 59.9 Å². The van der Waals surface area contributed by atoms with Crippen LogP contribution in [0.1, 0.15) is 36.0 Å². The van der Waals surface area contributed by atoms with Gasteiger partial charge in [0.2, 0.25) is 5.91 Å². The number of benzene rings is 1. The molecule has 0 bridgehead atoms. The van der Waals surface area contributed by atoms with E-state index in [-0.39, 0.29) is 17.9 Å². The summed E-state index contributed by atoms with van der Waals surface area (Å²) in [5.41, 5.74) is 4.57. The zero-order valence-electron chi connectivity index (χ0n) is 13.8. The third-order valence-corrected chi connectivity index (χ3v) is 4.61. The summed E-state index contributed by atoms with van der Waals surface area (Å²) in [5.74, 6) is 0.0400. The van der Waals surface area contributed by atoms with Crippen molar-refractivity contribution in [1.82, 2.24) is 5.32 Å². The van der Waals surface area contributed by atoms with Crippen LogP contribution in [-0.2, 0) is 14.4 Å². The fraction of sp³-hybridized carbons (Fsp3) is 0.556. The van der Waals surface area contributed by atoms with Gasteiger partial charge in [-0.25, -0.2) is 0 Å². The quantitative estimate of drug-likeness (QED) is 0.927. The largest absolute Gasteiger partial charge is 0.390 e. The van der Waals surface area contributed by atoms with Gasteiger partial charge in [-0.3, -0.25) is 4.79 Å². The first-order chi connectivity index (χ1) is 11.1. The van der Waals surface area contributed by atoms with Gasteiger partial charge in [0.05, 0.1) is 24.8 Å². The average Bonchev–Trinajstić information content (AvgIpc) is 3.05. The zero-order valence-corrected chi connectivity index (χ0v) is 13.8. The summed E-state index contributed by atoms with van der Waals surface area (Å²) in [6, 6.07) is 6.31. The van der Waals surface area contributed by atoms with Crippen molar-refractivity contribution >= 4 is 11.6 Å². The number of hydrogen-bond donors (Lipinski definition) is 1. The first-order valence-electron chi connectivity index (χ1n) is 8.29. The monoisotopic (exact) mass is 316 g/mol. The maximum atomic E-state index is 12.1. The molecule has 1 aromatic rings. The highest BCUT2D eigenvalue weighted by atomic mass is 16.6. The predicted octanol–water partition coefficient (Wildman–Crippen LogP) is 2.34. The number of nitrogens with zero attached hydrogens (tertiary/aromatic N) is 1. The maximum absolute atomic E-state index is 12.1. The Balaban J connectivity index is 1.49. The molecule has 2 unspecified atom stereocenters. The smallest absolute Gasteiger partial charge is 0.225 e. The molecule has 0 aliphatic carbocycles. The second kappa shape index (κ2) is 7.13. The van der Waals surface area contributed by atoms with E-state index < -0.39 is 0 Å². The number of amides is 1. The summed E-state index contributed by atoms with van der Waals surface area (Å²) >= 11 is 0. The first kappa shape index (κ1) is 16.0. The van der Waals surface area contributed by atoms with Gasteiger partial charge < -0.3 is 14.9 Å². The Morgan fingerprint density at radius 1 is 1.35 bits per heavy atom. The van der Waals surface area contributed by atoms with E-state index in [1.165, 1.54) is 11.1 Å². The molecule has 1 N–H and O–H groups in total. The molecular formula is C18H24N2O3. The number of aryl methyl sites for hydroxylation is 2. The summed E-state index contributed by atoms with van der Waals surface area (Å²) < 4.78 is 5.36. The van der Waals surface area contributed by atoms with Crippen LogP contribution in [-0.4, -0.2) is 37.5 Å². The Labute approximate surface area is 137 Å². The molecule has 2 aliphatic heterocycles. The van der Waals surface area contributed by atoms with E-state index in [9.17, 15) is 4.79 Å². The van der Waals surface area contributed by atoms with Gasteiger partial charge in [0.1, 0.15) is 6.10 Å². The van der Waals surface area contributed by atoms with Crippen molar-refractivity contribution in [2.75, 3.05) is 19.8 Å². The minimum atomic E-state index is -0.0833. The molecular weight excluding hydrogens is 292 g/mol. The molecule has 5 heteroatoms. The lowest BCUT2D eigenvalue weighted by atomic mass is 9.99. The van der Waals surface area contributed by atoms with Gasteiger partial charge in [-0.05, 0) is 49.4 Å². The summed E-state index contributed by atoms with van der Waals surface area (Å²) in [6.45, 7) is 5.98. The van der Waals surface area contributed by atoms with Crippen LogP contribution >= 0.6 is 0 Å². The normalized spacial score (nSPS) is 24.0. The van der Waals surface area contributed by atoms with E-state index in [4.69, 9.17) is 9.57 Å². The number of nitrogens with one attached hydrogen (secondary N) is 1. The molecule has 5 nitrogen and oxygen atoms in total. The minimum Gasteiger partial charge on any atom is -0.390 e. The van der Waals surface area contributed by atoms with Crippen molar-refractivity contribution in [3.63, 3.8) is 0 Å². The van der Waals surface area contributed by atoms with Crippen LogP contribution in [0, 0.1) is 19.8 Å². The van der Waals surface area contributed by atoms with E-state index in [0.29, 0.717) is 13.2 Å². The highest BCUT2D eigenvalue weighted by Gasteiger charge is 2.26. The van der Waals surface area contributed by atoms with Crippen LogP contribution in [0.5, 0.6) is 0 Å². The van der Waals surface area contributed by atoms with E-state index in [1.807, 2.05) is 0 Å². The summed E-state index contributed by atoms with van der Waals surface area (Å²) in [7, 11) is 0. The lowest BCUT2D eigenvalue weighted by molar-refractivity contribution is -0.129. The molecule has 2 atom stereocenters. The molecule has 0 saturated carbocycles. The molecule has 1 amide bonds. The number of rotatable bonds is 4. The van der Waals surface area contributed by atoms with Crippen molar-refractivity contribution in [3.8, 4) is 0 Å². The highest BCUT2D eigenvalue weighted by molar-refractivity contribution is 6.01. The van der Waals surface area contributed by atoms with Crippen LogP contribution in [0.3, 0.4) is 0 Å². The Morgan fingerprint density at radius 2 is 2.22 bits per heavy atom. The minimum absolute atomic E-state index is 0.0229. The highest BCUT2D eigenvalue weighted by Crippen LogP contribution is 2.19. The molecule has 3 rings (SSSR count). The van der Waals surface area contributed by atoms with E-state index in [1.54, 1.807) is 0 Å². The van der Waals surface area contributed by atoms with Crippen molar-refractivity contribution in [1.29, 1.82) is 0 Å². The molecule has 0 spiro atoms. The third kappa shape index (κ3) is 3.91. The Kier molecular flexibility index (Phi) is 4.96. The van der Waals surface area contributed by atoms with E-state index >= 15 is 0 Å². The molecule has 2 aliphatic rings. The number of ether oxygens (including phenoxy) is 1. The average molecular weight is 316 g/mol. The van der Waals surface area contributed by atoms with Gasteiger partial charge in [-0.2, -0.15) is 0 Å². The molecule has 0 aromatic heterocycles. The van der Waals surface area contributed by atoms with E-state index in [2.05, 4.69) is 42.5 Å². The Morgan fingerprint density at radius 3 is 2.96 bits per heavy atom. The molecule has 1 aromatic carbocycles. The third-order valence-electron chi connectivity index (χ3n) is 4.61. The van der Waals surface area contributed by atoms with Gasteiger partial charge in [-0.15, -0.1) is 0 Å². The molecule has 2 heterocycles. The summed E-state index contributed by atoms with van der Waals surface area (Å²) in [6.07, 6.45) is 2.50. The summed E-state index contributed by atoms with van der Waals surface area (Å²) in [4.78, 5) is 17.6.